The van der Waals surface area contributed by atoms with Crippen LogP contribution in [0.2, 0.25) is 5.02 Å². The first kappa shape index (κ1) is 13.8. The van der Waals surface area contributed by atoms with Gasteiger partial charge in [-0.15, -0.1) is 0 Å². The Labute approximate surface area is 119 Å². The van der Waals surface area contributed by atoms with E-state index in [9.17, 15) is 0 Å². The number of rotatable bonds is 5. The van der Waals surface area contributed by atoms with Gasteiger partial charge < -0.3 is 10.6 Å². The van der Waals surface area contributed by atoms with Crippen molar-refractivity contribution in [3.63, 3.8) is 0 Å². The van der Waals surface area contributed by atoms with Crippen LogP contribution in [0.3, 0.4) is 0 Å². The third kappa shape index (κ3) is 4.23. The molecule has 0 amide bonds. The normalized spacial score (nSPS) is 10.9. The highest BCUT2D eigenvalue weighted by Gasteiger charge is 2.05. The second-order valence-corrected chi connectivity index (χ2v) is 5.10. The summed E-state index contributed by atoms with van der Waals surface area (Å²) in [6, 6.07) is 9.69. The molecule has 0 radical (unpaired) electrons. The minimum atomic E-state index is 0.752. The summed E-state index contributed by atoms with van der Waals surface area (Å²) < 4.78 is 0. The van der Waals surface area contributed by atoms with E-state index in [1.54, 1.807) is 0 Å². The molecule has 1 aromatic carbocycles. The summed E-state index contributed by atoms with van der Waals surface area (Å²) >= 11 is 6.17. The molecule has 2 N–H and O–H groups in total. The van der Waals surface area contributed by atoms with Gasteiger partial charge in [0.05, 0.1) is 0 Å². The van der Waals surface area contributed by atoms with Crippen LogP contribution >= 0.6 is 11.6 Å². The number of aromatic nitrogens is 1. The van der Waals surface area contributed by atoms with Crippen molar-refractivity contribution in [3.05, 3.63) is 58.9 Å². The SMILES string of the molecule is CN(CCc1ccncc1)Cc1cc(N)ccc1Cl. The molecule has 0 fully saturated rings. The fourth-order valence-corrected chi connectivity index (χ4v) is 2.13. The standard InChI is InChI=1S/C15H18ClN3/c1-19(9-6-12-4-7-18-8-5-12)11-13-10-14(17)2-3-15(13)16/h2-5,7-8,10H,6,9,11,17H2,1H3. The Hall–Kier alpha value is -1.58. The predicted octanol–water partition coefficient (Wildman–Crippen LogP) is 2.99. The molecule has 4 heteroatoms. The molecule has 0 aliphatic carbocycles. The molecule has 1 aromatic heterocycles. The van der Waals surface area contributed by atoms with Crippen LogP contribution in [-0.4, -0.2) is 23.5 Å². The van der Waals surface area contributed by atoms with Gasteiger partial charge in [-0.2, -0.15) is 0 Å². The zero-order chi connectivity index (χ0) is 13.7. The zero-order valence-electron chi connectivity index (χ0n) is 11.0. The van der Waals surface area contributed by atoms with Crippen LogP contribution < -0.4 is 5.73 Å². The average Bonchev–Trinajstić information content (AvgIpc) is 2.42. The molecular formula is C15H18ClN3. The molecule has 0 saturated heterocycles. The number of likely N-dealkylation sites (N-methyl/N-ethyl adjacent to an activating group) is 1. The zero-order valence-corrected chi connectivity index (χ0v) is 11.8. The van der Waals surface area contributed by atoms with Crippen LogP contribution in [-0.2, 0) is 13.0 Å². The topological polar surface area (TPSA) is 42.2 Å². The molecule has 0 atom stereocenters. The molecule has 2 rings (SSSR count). The van der Waals surface area contributed by atoms with Crippen molar-refractivity contribution < 1.29 is 0 Å². The lowest BCUT2D eigenvalue weighted by Gasteiger charge is -2.17. The number of halogens is 1. The molecule has 100 valence electrons. The van der Waals surface area contributed by atoms with Gasteiger partial charge in [-0.1, -0.05) is 11.6 Å². The van der Waals surface area contributed by atoms with E-state index in [4.69, 9.17) is 17.3 Å². The van der Waals surface area contributed by atoms with Crippen LogP contribution in [0.1, 0.15) is 11.1 Å². The monoisotopic (exact) mass is 275 g/mol. The molecule has 1 heterocycles. The maximum Gasteiger partial charge on any atom is 0.0452 e. The van der Waals surface area contributed by atoms with E-state index in [1.807, 2.05) is 42.7 Å². The van der Waals surface area contributed by atoms with Crippen molar-refractivity contribution in [2.24, 2.45) is 0 Å². The van der Waals surface area contributed by atoms with Crippen molar-refractivity contribution in [1.29, 1.82) is 0 Å². The molecule has 0 aliphatic rings. The first-order valence-electron chi connectivity index (χ1n) is 6.26. The van der Waals surface area contributed by atoms with E-state index in [0.717, 1.165) is 35.8 Å². The van der Waals surface area contributed by atoms with E-state index >= 15 is 0 Å². The summed E-state index contributed by atoms with van der Waals surface area (Å²) in [7, 11) is 2.08. The molecule has 2 aromatic rings. The summed E-state index contributed by atoms with van der Waals surface area (Å²) in [5.74, 6) is 0. The lowest BCUT2D eigenvalue weighted by molar-refractivity contribution is 0.331. The Morgan fingerprint density at radius 2 is 1.95 bits per heavy atom. The van der Waals surface area contributed by atoms with Crippen LogP contribution in [0.15, 0.2) is 42.7 Å². The van der Waals surface area contributed by atoms with Crippen LogP contribution in [0, 0.1) is 0 Å². The van der Waals surface area contributed by atoms with E-state index in [-0.39, 0.29) is 0 Å². The van der Waals surface area contributed by atoms with E-state index in [1.165, 1.54) is 5.56 Å². The van der Waals surface area contributed by atoms with Gasteiger partial charge in [0.1, 0.15) is 0 Å². The highest BCUT2D eigenvalue weighted by atomic mass is 35.5. The second kappa shape index (κ2) is 6.55. The molecule has 19 heavy (non-hydrogen) atoms. The summed E-state index contributed by atoms with van der Waals surface area (Å²) in [6.07, 6.45) is 4.65. The van der Waals surface area contributed by atoms with E-state index < -0.39 is 0 Å². The van der Waals surface area contributed by atoms with Gasteiger partial charge in [0.25, 0.3) is 0 Å². The van der Waals surface area contributed by atoms with Crippen LogP contribution in [0.5, 0.6) is 0 Å². The highest BCUT2D eigenvalue weighted by molar-refractivity contribution is 6.31. The van der Waals surface area contributed by atoms with Crippen molar-refractivity contribution >= 4 is 17.3 Å². The number of anilines is 1. The summed E-state index contributed by atoms with van der Waals surface area (Å²) in [4.78, 5) is 6.25. The van der Waals surface area contributed by atoms with Gasteiger partial charge in [-0.05, 0) is 54.9 Å². The predicted molar refractivity (Wildman–Crippen MR) is 80.1 cm³/mol. The van der Waals surface area contributed by atoms with Crippen molar-refractivity contribution in [1.82, 2.24) is 9.88 Å². The number of nitrogens with zero attached hydrogens (tertiary/aromatic N) is 2. The van der Waals surface area contributed by atoms with Gasteiger partial charge in [0.2, 0.25) is 0 Å². The fourth-order valence-electron chi connectivity index (χ4n) is 1.96. The van der Waals surface area contributed by atoms with Crippen LogP contribution in [0.4, 0.5) is 5.69 Å². The third-order valence-electron chi connectivity index (χ3n) is 3.04. The molecule has 0 bridgehead atoms. The summed E-state index contributed by atoms with van der Waals surface area (Å²) in [6.45, 7) is 1.77. The number of hydrogen-bond donors (Lipinski definition) is 1. The number of nitrogen functional groups attached to an aromatic ring is 1. The Kier molecular flexibility index (Phi) is 4.77. The van der Waals surface area contributed by atoms with E-state index in [0.29, 0.717) is 0 Å². The van der Waals surface area contributed by atoms with E-state index in [2.05, 4.69) is 16.9 Å². The average molecular weight is 276 g/mol. The quantitative estimate of drug-likeness (QED) is 0.853. The van der Waals surface area contributed by atoms with Crippen molar-refractivity contribution in [2.45, 2.75) is 13.0 Å². The Balaban J connectivity index is 1.90. The highest BCUT2D eigenvalue weighted by Crippen LogP contribution is 2.20. The summed E-state index contributed by atoms with van der Waals surface area (Å²) in [5.41, 5.74) is 8.90. The lowest BCUT2D eigenvalue weighted by Crippen LogP contribution is -2.21. The number of nitrogens with two attached hydrogens (primary N) is 1. The first-order valence-corrected chi connectivity index (χ1v) is 6.64. The Bertz CT molecular complexity index is 528. The smallest absolute Gasteiger partial charge is 0.0452 e. The maximum absolute atomic E-state index is 6.17. The van der Waals surface area contributed by atoms with Crippen molar-refractivity contribution in [3.8, 4) is 0 Å². The molecule has 0 spiro atoms. The molecular weight excluding hydrogens is 258 g/mol. The maximum atomic E-state index is 6.17. The fraction of sp³-hybridized carbons (Fsp3) is 0.267. The first-order chi connectivity index (χ1) is 9.15. The van der Waals surface area contributed by atoms with Gasteiger partial charge in [-0.3, -0.25) is 4.98 Å². The number of pyridine rings is 1. The number of benzene rings is 1. The Morgan fingerprint density at radius 1 is 1.21 bits per heavy atom. The summed E-state index contributed by atoms with van der Waals surface area (Å²) in [5, 5.41) is 0.768. The largest absolute Gasteiger partial charge is 0.399 e. The molecule has 0 saturated carbocycles. The van der Waals surface area contributed by atoms with Gasteiger partial charge in [0, 0.05) is 36.2 Å². The molecule has 0 unspecified atom stereocenters. The second-order valence-electron chi connectivity index (χ2n) is 4.69. The van der Waals surface area contributed by atoms with Crippen molar-refractivity contribution in [2.75, 3.05) is 19.3 Å². The third-order valence-corrected chi connectivity index (χ3v) is 3.41. The molecule has 3 nitrogen and oxygen atoms in total. The minimum absolute atomic E-state index is 0.752. The van der Waals surface area contributed by atoms with Gasteiger partial charge in [-0.25, -0.2) is 0 Å². The molecule has 0 aliphatic heterocycles. The van der Waals surface area contributed by atoms with Gasteiger partial charge >= 0.3 is 0 Å². The van der Waals surface area contributed by atoms with Gasteiger partial charge in [0.15, 0.2) is 0 Å². The minimum Gasteiger partial charge on any atom is -0.399 e. The lowest BCUT2D eigenvalue weighted by atomic mass is 10.1. The van der Waals surface area contributed by atoms with Crippen LogP contribution in [0.25, 0.3) is 0 Å². The Morgan fingerprint density at radius 3 is 2.68 bits per heavy atom. The number of hydrogen-bond acceptors (Lipinski definition) is 3.